The van der Waals surface area contributed by atoms with Crippen LogP contribution < -0.4 is 5.32 Å². The number of halogens is 1. The first-order chi connectivity index (χ1) is 11.5. The maximum absolute atomic E-state index is 12.1. The van der Waals surface area contributed by atoms with Gasteiger partial charge in [-0.05, 0) is 19.8 Å². The maximum Gasteiger partial charge on any atom is 0.237 e. The predicted octanol–water partition coefficient (Wildman–Crippen LogP) is 2.30. The van der Waals surface area contributed by atoms with Gasteiger partial charge in [0.1, 0.15) is 5.88 Å². The summed E-state index contributed by atoms with van der Waals surface area (Å²) in [5.41, 5.74) is 1.74. The lowest BCUT2D eigenvalue weighted by molar-refractivity contribution is -0.129. The standard InChI is InChI=1S/C18H23ClN2O3/c1-13-2-4-14(5-3-13)16(22)6-7-17(23)20-15-8-10-21(11-9-15)18(24)12-19/h2-5,15H,6-12H2,1H3,(H,20,23). The number of alkyl halides is 1. The number of ketones is 1. The van der Waals surface area contributed by atoms with Crippen LogP contribution in [-0.4, -0.2) is 47.5 Å². The number of carbonyl (C=O) groups excluding carboxylic acids is 3. The monoisotopic (exact) mass is 350 g/mol. The molecule has 130 valence electrons. The summed E-state index contributed by atoms with van der Waals surface area (Å²) in [6, 6.07) is 7.43. The van der Waals surface area contributed by atoms with E-state index >= 15 is 0 Å². The molecule has 0 saturated carbocycles. The fourth-order valence-electron chi connectivity index (χ4n) is 2.77. The van der Waals surface area contributed by atoms with Gasteiger partial charge in [-0.15, -0.1) is 11.6 Å². The zero-order valence-corrected chi connectivity index (χ0v) is 14.6. The van der Waals surface area contributed by atoms with Crippen molar-refractivity contribution in [2.75, 3.05) is 19.0 Å². The number of amides is 2. The minimum Gasteiger partial charge on any atom is -0.353 e. The molecule has 1 fully saturated rings. The molecule has 2 amide bonds. The Balaban J connectivity index is 1.71. The van der Waals surface area contributed by atoms with Gasteiger partial charge < -0.3 is 10.2 Å². The van der Waals surface area contributed by atoms with Crippen molar-refractivity contribution in [1.29, 1.82) is 0 Å². The fourth-order valence-corrected chi connectivity index (χ4v) is 2.94. The second-order valence-electron chi connectivity index (χ2n) is 6.15. The van der Waals surface area contributed by atoms with Crippen molar-refractivity contribution in [3.05, 3.63) is 35.4 Å². The van der Waals surface area contributed by atoms with Crippen molar-refractivity contribution < 1.29 is 14.4 Å². The predicted molar refractivity (Wildman–Crippen MR) is 93.2 cm³/mol. The van der Waals surface area contributed by atoms with Crippen LogP contribution in [0.1, 0.15) is 41.6 Å². The van der Waals surface area contributed by atoms with Gasteiger partial charge in [0.15, 0.2) is 5.78 Å². The summed E-state index contributed by atoms with van der Waals surface area (Å²) in [5.74, 6) is -0.201. The maximum atomic E-state index is 12.1. The van der Waals surface area contributed by atoms with Crippen molar-refractivity contribution in [2.24, 2.45) is 0 Å². The number of Topliss-reactive ketones (excluding diaryl/α,β-unsaturated/α-hetero) is 1. The molecule has 1 heterocycles. The Morgan fingerprint density at radius 1 is 1.12 bits per heavy atom. The molecule has 0 unspecified atom stereocenters. The Hall–Kier alpha value is -1.88. The summed E-state index contributed by atoms with van der Waals surface area (Å²) < 4.78 is 0. The summed E-state index contributed by atoms with van der Waals surface area (Å²) >= 11 is 5.54. The second kappa shape index (κ2) is 8.83. The Kier molecular flexibility index (Phi) is 6.79. The smallest absolute Gasteiger partial charge is 0.237 e. The fraction of sp³-hybridized carbons (Fsp3) is 0.500. The van der Waals surface area contributed by atoms with Crippen LogP contribution >= 0.6 is 11.6 Å². The third-order valence-electron chi connectivity index (χ3n) is 4.28. The van der Waals surface area contributed by atoms with Crippen molar-refractivity contribution >= 4 is 29.2 Å². The van der Waals surface area contributed by atoms with E-state index in [-0.39, 0.29) is 42.4 Å². The summed E-state index contributed by atoms with van der Waals surface area (Å²) in [7, 11) is 0. The van der Waals surface area contributed by atoms with E-state index < -0.39 is 0 Å². The molecule has 5 nitrogen and oxygen atoms in total. The molecule has 1 aromatic carbocycles. The Morgan fingerprint density at radius 2 is 1.75 bits per heavy atom. The van der Waals surface area contributed by atoms with Gasteiger partial charge in [0.25, 0.3) is 0 Å². The first-order valence-electron chi connectivity index (χ1n) is 8.22. The first-order valence-corrected chi connectivity index (χ1v) is 8.76. The molecule has 1 aliphatic heterocycles. The van der Waals surface area contributed by atoms with E-state index in [9.17, 15) is 14.4 Å². The number of hydrogen-bond acceptors (Lipinski definition) is 3. The van der Waals surface area contributed by atoms with Gasteiger partial charge in [-0.1, -0.05) is 29.8 Å². The number of carbonyl (C=O) groups is 3. The largest absolute Gasteiger partial charge is 0.353 e. The van der Waals surface area contributed by atoms with Crippen LogP contribution in [0.5, 0.6) is 0 Å². The Morgan fingerprint density at radius 3 is 2.33 bits per heavy atom. The average molecular weight is 351 g/mol. The second-order valence-corrected chi connectivity index (χ2v) is 6.41. The third-order valence-corrected chi connectivity index (χ3v) is 4.51. The van der Waals surface area contributed by atoms with Crippen LogP contribution in [0, 0.1) is 6.92 Å². The van der Waals surface area contributed by atoms with Crippen molar-refractivity contribution in [2.45, 2.75) is 38.6 Å². The quantitative estimate of drug-likeness (QED) is 0.632. The van der Waals surface area contributed by atoms with Crippen LogP contribution in [0.3, 0.4) is 0 Å². The van der Waals surface area contributed by atoms with Gasteiger partial charge in [0.2, 0.25) is 11.8 Å². The normalized spacial score (nSPS) is 15.2. The van der Waals surface area contributed by atoms with Crippen LogP contribution in [0.25, 0.3) is 0 Å². The number of aryl methyl sites for hydroxylation is 1. The topological polar surface area (TPSA) is 66.5 Å². The van der Waals surface area contributed by atoms with Gasteiger partial charge in [-0.25, -0.2) is 0 Å². The summed E-state index contributed by atoms with van der Waals surface area (Å²) in [6.45, 7) is 3.19. The van der Waals surface area contributed by atoms with Gasteiger partial charge in [-0.2, -0.15) is 0 Å². The molecule has 0 radical (unpaired) electrons. The highest BCUT2D eigenvalue weighted by Gasteiger charge is 2.23. The van der Waals surface area contributed by atoms with Gasteiger partial charge in [0.05, 0.1) is 0 Å². The van der Waals surface area contributed by atoms with Crippen LogP contribution in [0.15, 0.2) is 24.3 Å². The lowest BCUT2D eigenvalue weighted by Crippen LogP contribution is -2.46. The van der Waals surface area contributed by atoms with Gasteiger partial charge >= 0.3 is 0 Å². The zero-order valence-electron chi connectivity index (χ0n) is 13.9. The summed E-state index contributed by atoms with van der Waals surface area (Å²) in [5, 5.41) is 2.95. The molecule has 24 heavy (non-hydrogen) atoms. The van der Waals surface area contributed by atoms with Gasteiger partial charge in [0, 0.05) is 37.5 Å². The summed E-state index contributed by atoms with van der Waals surface area (Å²) in [4.78, 5) is 37.3. The van der Waals surface area contributed by atoms with Crippen molar-refractivity contribution in [3.8, 4) is 0 Å². The number of rotatable bonds is 6. The molecule has 0 spiro atoms. The average Bonchev–Trinajstić information content (AvgIpc) is 2.60. The number of hydrogen-bond donors (Lipinski definition) is 1. The van der Waals surface area contributed by atoms with E-state index in [0.29, 0.717) is 18.7 Å². The molecule has 1 aromatic rings. The molecule has 1 saturated heterocycles. The highest BCUT2D eigenvalue weighted by atomic mass is 35.5. The van der Waals surface area contributed by atoms with E-state index in [2.05, 4.69) is 5.32 Å². The van der Waals surface area contributed by atoms with E-state index in [1.54, 1.807) is 17.0 Å². The lowest BCUT2D eigenvalue weighted by Gasteiger charge is -2.32. The van der Waals surface area contributed by atoms with Gasteiger partial charge in [-0.3, -0.25) is 14.4 Å². The molecule has 0 bridgehead atoms. The number of nitrogens with zero attached hydrogens (tertiary/aromatic N) is 1. The Labute approximate surface area is 147 Å². The number of benzene rings is 1. The lowest BCUT2D eigenvalue weighted by atomic mass is 10.0. The minimum atomic E-state index is -0.113. The van der Waals surface area contributed by atoms with E-state index in [1.807, 2.05) is 19.1 Å². The van der Waals surface area contributed by atoms with Crippen LogP contribution in [-0.2, 0) is 9.59 Å². The van der Waals surface area contributed by atoms with Crippen molar-refractivity contribution in [1.82, 2.24) is 10.2 Å². The zero-order chi connectivity index (χ0) is 17.5. The SMILES string of the molecule is Cc1ccc(C(=O)CCC(=O)NC2CCN(C(=O)CCl)CC2)cc1. The third kappa shape index (κ3) is 5.34. The van der Waals surface area contributed by atoms with E-state index in [4.69, 9.17) is 11.6 Å². The highest BCUT2D eigenvalue weighted by Crippen LogP contribution is 2.12. The molecule has 2 rings (SSSR count). The molecule has 6 heteroatoms. The first kappa shape index (κ1) is 18.5. The molecular weight excluding hydrogens is 328 g/mol. The Bertz CT molecular complexity index is 593. The number of nitrogens with one attached hydrogen (secondary N) is 1. The number of piperidine rings is 1. The van der Waals surface area contributed by atoms with Crippen LogP contribution in [0.4, 0.5) is 0 Å². The molecule has 0 atom stereocenters. The van der Waals surface area contributed by atoms with Crippen LogP contribution in [0.2, 0.25) is 0 Å². The number of likely N-dealkylation sites (tertiary alicyclic amines) is 1. The van der Waals surface area contributed by atoms with E-state index in [0.717, 1.165) is 18.4 Å². The molecule has 0 aliphatic carbocycles. The molecule has 1 N–H and O–H groups in total. The molecular formula is C18H23ClN2O3. The summed E-state index contributed by atoms with van der Waals surface area (Å²) in [6.07, 6.45) is 1.84. The minimum absolute atomic E-state index is 0.00184. The molecule has 0 aromatic heterocycles. The molecule has 1 aliphatic rings. The highest BCUT2D eigenvalue weighted by molar-refractivity contribution is 6.27. The van der Waals surface area contributed by atoms with Crippen molar-refractivity contribution in [3.63, 3.8) is 0 Å². The van der Waals surface area contributed by atoms with E-state index in [1.165, 1.54) is 0 Å².